The topological polar surface area (TPSA) is 98.1 Å². The highest BCUT2D eigenvalue weighted by atomic mass is 16.5. The van der Waals surface area contributed by atoms with Crippen molar-refractivity contribution in [1.82, 2.24) is 9.78 Å². The molecule has 0 saturated carbocycles. The van der Waals surface area contributed by atoms with Crippen molar-refractivity contribution in [3.8, 4) is 34.2 Å². The fraction of sp³-hybridized carbons (Fsp3) is 0.179. The van der Waals surface area contributed by atoms with Crippen LogP contribution in [0.25, 0.3) is 16.9 Å². The van der Waals surface area contributed by atoms with Gasteiger partial charge in [0.25, 0.3) is 0 Å². The fourth-order valence-electron chi connectivity index (χ4n) is 3.89. The molecule has 0 bridgehead atoms. The SMILES string of the molecule is COC(=O)c1c(-c2ccc(OC)c(COc3ccccc3OC)c2)nn(-c2ccccc2)c1C(=O)OC. The molecule has 9 nitrogen and oxygen atoms in total. The van der Waals surface area contributed by atoms with Gasteiger partial charge in [-0.3, -0.25) is 0 Å². The Balaban J connectivity index is 1.85. The summed E-state index contributed by atoms with van der Waals surface area (Å²) in [6.45, 7) is 0.147. The number of rotatable bonds is 9. The molecule has 0 radical (unpaired) electrons. The molecule has 0 unspecified atom stereocenters. The molecular weight excluding hydrogens is 476 g/mol. The van der Waals surface area contributed by atoms with E-state index in [9.17, 15) is 9.59 Å². The Morgan fingerprint density at radius 1 is 0.757 bits per heavy atom. The third-order valence-corrected chi connectivity index (χ3v) is 5.66. The zero-order valence-corrected chi connectivity index (χ0v) is 20.9. The number of nitrogens with zero attached hydrogens (tertiary/aromatic N) is 2. The molecule has 37 heavy (non-hydrogen) atoms. The van der Waals surface area contributed by atoms with E-state index in [0.29, 0.717) is 34.1 Å². The minimum atomic E-state index is -0.726. The molecule has 4 aromatic rings. The van der Waals surface area contributed by atoms with Gasteiger partial charge in [-0.1, -0.05) is 30.3 Å². The highest BCUT2D eigenvalue weighted by Gasteiger charge is 2.31. The number of methoxy groups -OCH3 is 4. The molecule has 4 rings (SSSR count). The lowest BCUT2D eigenvalue weighted by Crippen LogP contribution is -2.15. The Morgan fingerprint density at radius 2 is 1.41 bits per heavy atom. The van der Waals surface area contributed by atoms with Crippen molar-refractivity contribution in [2.24, 2.45) is 0 Å². The van der Waals surface area contributed by atoms with Crippen LogP contribution in [0.1, 0.15) is 26.4 Å². The van der Waals surface area contributed by atoms with Crippen LogP contribution in [0, 0.1) is 0 Å². The summed E-state index contributed by atoms with van der Waals surface area (Å²) >= 11 is 0. The van der Waals surface area contributed by atoms with E-state index in [1.165, 1.54) is 18.9 Å². The highest BCUT2D eigenvalue weighted by Crippen LogP contribution is 2.33. The summed E-state index contributed by atoms with van der Waals surface area (Å²) in [7, 11) is 5.61. The number of para-hydroxylation sites is 3. The Hall–Kier alpha value is -4.79. The Morgan fingerprint density at radius 3 is 2.05 bits per heavy atom. The number of ether oxygens (including phenoxy) is 5. The molecule has 1 aromatic heterocycles. The molecule has 0 amide bonds. The van der Waals surface area contributed by atoms with E-state index in [2.05, 4.69) is 5.10 Å². The smallest absolute Gasteiger partial charge is 0.357 e. The molecule has 0 atom stereocenters. The van der Waals surface area contributed by atoms with Crippen molar-refractivity contribution in [1.29, 1.82) is 0 Å². The molecule has 1 heterocycles. The van der Waals surface area contributed by atoms with Gasteiger partial charge in [0.1, 0.15) is 23.6 Å². The van der Waals surface area contributed by atoms with Gasteiger partial charge >= 0.3 is 11.9 Å². The summed E-state index contributed by atoms with van der Waals surface area (Å²) in [5.74, 6) is 0.286. The molecule has 9 heteroatoms. The third-order valence-electron chi connectivity index (χ3n) is 5.66. The quantitative estimate of drug-likeness (QED) is 0.304. The molecule has 0 saturated heterocycles. The van der Waals surface area contributed by atoms with E-state index in [-0.39, 0.29) is 23.6 Å². The van der Waals surface area contributed by atoms with Gasteiger partial charge in [0.05, 0.1) is 34.1 Å². The first kappa shape index (κ1) is 25.3. The molecule has 0 aliphatic rings. The maximum Gasteiger partial charge on any atom is 0.357 e. The van der Waals surface area contributed by atoms with E-state index < -0.39 is 11.9 Å². The summed E-state index contributed by atoms with van der Waals surface area (Å²) in [4.78, 5) is 25.8. The zero-order valence-electron chi connectivity index (χ0n) is 20.9. The number of hydrogen-bond donors (Lipinski definition) is 0. The van der Waals surface area contributed by atoms with Crippen LogP contribution in [-0.4, -0.2) is 50.2 Å². The van der Waals surface area contributed by atoms with Gasteiger partial charge in [0, 0.05) is 11.1 Å². The second-order valence-electron chi connectivity index (χ2n) is 7.77. The zero-order chi connectivity index (χ0) is 26.4. The number of benzene rings is 3. The lowest BCUT2D eigenvalue weighted by molar-refractivity contribution is 0.0549. The molecule has 0 aliphatic carbocycles. The van der Waals surface area contributed by atoms with Crippen LogP contribution < -0.4 is 14.2 Å². The van der Waals surface area contributed by atoms with Crippen LogP contribution >= 0.6 is 0 Å². The van der Waals surface area contributed by atoms with Crippen molar-refractivity contribution in [2.75, 3.05) is 28.4 Å². The van der Waals surface area contributed by atoms with Crippen LogP contribution in [0.4, 0.5) is 0 Å². The molecule has 0 aliphatic heterocycles. The van der Waals surface area contributed by atoms with Crippen molar-refractivity contribution < 1.29 is 33.3 Å². The van der Waals surface area contributed by atoms with Crippen LogP contribution in [-0.2, 0) is 16.1 Å². The number of hydrogen-bond acceptors (Lipinski definition) is 8. The number of esters is 2. The van der Waals surface area contributed by atoms with Gasteiger partial charge in [-0.15, -0.1) is 0 Å². The first-order valence-corrected chi connectivity index (χ1v) is 11.3. The number of carbonyl (C=O) groups excluding carboxylic acids is 2. The van der Waals surface area contributed by atoms with Gasteiger partial charge in [-0.25, -0.2) is 14.3 Å². The standard InChI is InChI=1S/C28H26N2O7/c1-33-21-15-14-18(16-19(21)17-37-23-13-9-8-12-22(23)34-2)25-24(27(31)35-3)26(28(32)36-4)30(29-25)20-10-6-5-7-11-20/h5-16H,17H2,1-4H3. The molecule has 3 aromatic carbocycles. The van der Waals surface area contributed by atoms with E-state index in [1.54, 1.807) is 68.8 Å². The van der Waals surface area contributed by atoms with Crippen molar-refractivity contribution in [3.05, 3.63) is 89.6 Å². The molecular formula is C28H26N2O7. The normalized spacial score (nSPS) is 10.5. The summed E-state index contributed by atoms with van der Waals surface area (Å²) in [5.41, 5.74) is 2.01. The monoisotopic (exact) mass is 502 g/mol. The molecule has 0 N–H and O–H groups in total. The van der Waals surface area contributed by atoms with E-state index in [4.69, 9.17) is 23.7 Å². The highest BCUT2D eigenvalue weighted by molar-refractivity contribution is 6.06. The Kier molecular flexibility index (Phi) is 7.73. The predicted octanol–water partition coefficient (Wildman–Crippen LogP) is 4.71. The van der Waals surface area contributed by atoms with Gasteiger partial charge in [0.2, 0.25) is 0 Å². The van der Waals surface area contributed by atoms with Crippen LogP contribution in [0.15, 0.2) is 72.8 Å². The summed E-state index contributed by atoms with van der Waals surface area (Å²) in [5, 5.41) is 4.64. The van der Waals surface area contributed by atoms with Crippen LogP contribution in [0.3, 0.4) is 0 Å². The van der Waals surface area contributed by atoms with Crippen molar-refractivity contribution in [3.63, 3.8) is 0 Å². The second kappa shape index (κ2) is 11.3. The van der Waals surface area contributed by atoms with Gasteiger partial charge in [-0.05, 0) is 42.5 Å². The first-order valence-electron chi connectivity index (χ1n) is 11.3. The summed E-state index contributed by atoms with van der Waals surface area (Å²) < 4.78 is 28.3. The maximum absolute atomic E-state index is 12.9. The lowest BCUT2D eigenvalue weighted by atomic mass is 10.0. The van der Waals surface area contributed by atoms with E-state index >= 15 is 0 Å². The van der Waals surface area contributed by atoms with Crippen LogP contribution in [0.5, 0.6) is 17.2 Å². The molecule has 0 fully saturated rings. The predicted molar refractivity (Wildman–Crippen MR) is 136 cm³/mol. The first-order chi connectivity index (χ1) is 18.0. The molecule has 0 spiro atoms. The Bertz CT molecular complexity index is 1410. The molecule has 190 valence electrons. The minimum Gasteiger partial charge on any atom is -0.496 e. The fourth-order valence-corrected chi connectivity index (χ4v) is 3.89. The lowest BCUT2D eigenvalue weighted by Gasteiger charge is -2.14. The van der Waals surface area contributed by atoms with Crippen molar-refractivity contribution in [2.45, 2.75) is 6.61 Å². The number of aromatic nitrogens is 2. The Labute approximate surface area is 214 Å². The number of carbonyl (C=O) groups is 2. The maximum atomic E-state index is 12.9. The third kappa shape index (κ3) is 5.11. The van der Waals surface area contributed by atoms with Crippen LogP contribution in [0.2, 0.25) is 0 Å². The average molecular weight is 503 g/mol. The average Bonchev–Trinajstić information content (AvgIpc) is 3.36. The van der Waals surface area contributed by atoms with Crippen molar-refractivity contribution >= 4 is 11.9 Å². The van der Waals surface area contributed by atoms with Gasteiger partial charge in [-0.2, -0.15) is 5.10 Å². The van der Waals surface area contributed by atoms with E-state index in [1.807, 2.05) is 18.2 Å². The largest absolute Gasteiger partial charge is 0.496 e. The second-order valence-corrected chi connectivity index (χ2v) is 7.77. The van der Waals surface area contributed by atoms with Gasteiger partial charge < -0.3 is 23.7 Å². The summed E-state index contributed by atoms with van der Waals surface area (Å²) in [6.07, 6.45) is 0. The summed E-state index contributed by atoms with van der Waals surface area (Å²) in [6, 6.07) is 21.6. The van der Waals surface area contributed by atoms with E-state index in [0.717, 1.165) is 0 Å². The van der Waals surface area contributed by atoms with Gasteiger partial charge in [0.15, 0.2) is 17.2 Å². The minimum absolute atomic E-state index is 0.0139.